The maximum Gasteiger partial charge on any atom is 0.586 e. The first-order valence-corrected chi connectivity index (χ1v) is 7.33. The number of halogens is 2. The number of anilines is 2. The van der Waals surface area contributed by atoms with E-state index in [1.165, 1.54) is 43.6 Å². The van der Waals surface area contributed by atoms with Crippen LogP contribution in [0.4, 0.5) is 20.3 Å². The van der Waals surface area contributed by atoms with Crippen LogP contribution in [-0.2, 0) is 9.53 Å². The van der Waals surface area contributed by atoms with Crippen LogP contribution >= 0.6 is 0 Å². The fourth-order valence-electron chi connectivity index (χ4n) is 2.24. The largest absolute Gasteiger partial charge is 0.586 e. The summed E-state index contributed by atoms with van der Waals surface area (Å²) < 4.78 is 39.9. The summed E-state index contributed by atoms with van der Waals surface area (Å²) in [6.07, 6.45) is -2.42. The zero-order valence-corrected chi connectivity index (χ0v) is 13.4. The van der Waals surface area contributed by atoms with Gasteiger partial charge in [0.15, 0.2) is 11.5 Å². The number of alkyl halides is 2. The van der Waals surface area contributed by atoms with E-state index in [1.54, 1.807) is 0 Å². The lowest BCUT2D eigenvalue weighted by Crippen LogP contribution is -2.26. The van der Waals surface area contributed by atoms with E-state index in [1.807, 2.05) is 0 Å². The van der Waals surface area contributed by atoms with Gasteiger partial charge in [-0.15, -0.1) is 8.78 Å². The summed E-state index contributed by atoms with van der Waals surface area (Å²) in [5.74, 6) is -1.68. The number of amides is 2. The van der Waals surface area contributed by atoms with Gasteiger partial charge in [0, 0.05) is 13.3 Å². The predicted octanol–water partition coefficient (Wildman–Crippen LogP) is 2.24. The SMILES string of the molecule is COCC(=O)Nc1ncccc1C(=O)Nc1cccc2c1OC(F)(F)O2. The van der Waals surface area contributed by atoms with Crippen molar-refractivity contribution in [2.24, 2.45) is 0 Å². The molecule has 10 heteroatoms. The molecule has 0 spiro atoms. The van der Waals surface area contributed by atoms with E-state index < -0.39 is 18.1 Å². The molecule has 8 nitrogen and oxygen atoms in total. The Morgan fingerprint density at radius 1 is 1.19 bits per heavy atom. The Morgan fingerprint density at radius 3 is 2.77 bits per heavy atom. The van der Waals surface area contributed by atoms with Crippen LogP contribution in [0.2, 0.25) is 0 Å². The fraction of sp³-hybridized carbons (Fsp3) is 0.188. The summed E-state index contributed by atoms with van der Waals surface area (Å²) >= 11 is 0. The van der Waals surface area contributed by atoms with Crippen LogP contribution in [0, 0.1) is 0 Å². The van der Waals surface area contributed by atoms with Crippen LogP contribution in [0.1, 0.15) is 10.4 Å². The Kier molecular flexibility index (Phi) is 4.67. The highest BCUT2D eigenvalue weighted by Gasteiger charge is 2.44. The molecular formula is C16H13F2N3O5. The highest BCUT2D eigenvalue weighted by atomic mass is 19.3. The van der Waals surface area contributed by atoms with Gasteiger partial charge in [-0.25, -0.2) is 4.98 Å². The van der Waals surface area contributed by atoms with E-state index in [0.717, 1.165) is 0 Å². The van der Waals surface area contributed by atoms with E-state index in [2.05, 4.69) is 25.1 Å². The van der Waals surface area contributed by atoms with Crippen molar-refractivity contribution in [1.29, 1.82) is 0 Å². The van der Waals surface area contributed by atoms with Gasteiger partial charge in [-0.3, -0.25) is 9.59 Å². The average molecular weight is 365 g/mol. The van der Waals surface area contributed by atoms with Crippen molar-refractivity contribution >= 4 is 23.3 Å². The number of hydrogen-bond donors (Lipinski definition) is 2. The van der Waals surface area contributed by atoms with Crippen molar-refractivity contribution in [3.8, 4) is 11.5 Å². The van der Waals surface area contributed by atoms with Crippen molar-refractivity contribution in [3.05, 3.63) is 42.1 Å². The molecule has 1 aromatic heterocycles. The van der Waals surface area contributed by atoms with Gasteiger partial charge in [-0.1, -0.05) is 6.07 Å². The maximum absolute atomic E-state index is 13.2. The number of fused-ring (bicyclic) bond motifs is 1. The third-order valence-electron chi connectivity index (χ3n) is 3.26. The number of para-hydroxylation sites is 1. The molecule has 26 heavy (non-hydrogen) atoms. The lowest BCUT2D eigenvalue weighted by atomic mass is 10.2. The second kappa shape index (κ2) is 6.92. The molecule has 0 fully saturated rings. The minimum Gasteiger partial charge on any atom is -0.395 e. The van der Waals surface area contributed by atoms with E-state index in [-0.39, 0.29) is 35.2 Å². The molecule has 136 valence electrons. The number of nitrogens with one attached hydrogen (secondary N) is 2. The van der Waals surface area contributed by atoms with Crippen LogP contribution in [0.5, 0.6) is 11.5 Å². The second-order valence-corrected chi connectivity index (χ2v) is 5.14. The minimum atomic E-state index is -3.81. The van der Waals surface area contributed by atoms with Gasteiger partial charge >= 0.3 is 6.29 Å². The lowest BCUT2D eigenvalue weighted by Gasteiger charge is -2.11. The first kappa shape index (κ1) is 17.5. The summed E-state index contributed by atoms with van der Waals surface area (Å²) in [6.45, 7) is -0.218. The topological polar surface area (TPSA) is 98.8 Å². The minimum absolute atomic E-state index is 0.00197. The number of aromatic nitrogens is 1. The first-order chi connectivity index (χ1) is 12.4. The molecule has 0 aliphatic carbocycles. The summed E-state index contributed by atoms with van der Waals surface area (Å²) in [5.41, 5.74) is 0.0166. The standard InChI is InChI=1S/C16H13F2N3O5/c1-24-8-12(22)21-14-9(4-3-7-19-14)15(23)20-10-5-2-6-11-13(10)26-16(17,18)25-11/h2-7H,8H2,1H3,(H,20,23)(H,19,21,22). The molecule has 2 heterocycles. The number of ether oxygens (including phenoxy) is 3. The zero-order chi connectivity index (χ0) is 18.7. The molecule has 0 saturated heterocycles. The molecule has 2 amide bonds. The second-order valence-electron chi connectivity index (χ2n) is 5.14. The van der Waals surface area contributed by atoms with Crippen molar-refractivity contribution in [2.75, 3.05) is 24.4 Å². The van der Waals surface area contributed by atoms with Crippen molar-refractivity contribution in [1.82, 2.24) is 4.98 Å². The first-order valence-electron chi connectivity index (χ1n) is 7.33. The molecule has 2 N–H and O–H groups in total. The normalized spacial score (nSPS) is 14.0. The number of nitrogens with zero attached hydrogens (tertiary/aromatic N) is 1. The summed E-state index contributed by atoms with van der Waals surface area (Å²) in [7, 11) is 1.35. The van der Waals surface area contributed by atoms with Crippen LogP contribution in [-0.4, -0.2) is 36.8 Å². The Bertz CT molecular complexity index is 860. The smallest absolute Gasteiger partial charge is 0.395 e. The Labute approximate surface area is 146 Å². The third kappa shape index (κ3) is 3.70. The molecule has 1 aliphatic heterocycles. The van der Waals surface area contributed by atoms with E-state index in [4.69, 9.17) is 4.74 Å². The number of benzene rings is 1. The highest BCUT2D eigenvalue weighted by Crippen LogP contribution is 2.45. The number of carbonyl (C=O) groups excluding carboxylic acids is 2. The monoisotopic (exact) mass is 365 g/mol. The van der Waals surface area contributed by atoms with E-state index in [0.29, 0.717) is 0 Å². The number of methoxy groups -OCH3 is 1. The summed E-state index contributed by atoms with van der Waals surface area (Å²) in [5, 5.41) is 4.87. The van der Waals surface area contributed by atoms with Crippen LogP contribution in [0.3, 0.4) is 0 Å². The number of pyridine rings is 1. The predicted molar refractivity (Wildman–Crippen MR) is 85.3 cm³/mol. The molecule has 1 aliphatic rings. The highest BCUT2D eigenvalue weighted by molar-refractivity contribution is 6.10. The van der Waals surface area contributed by atoms with Crippen molar-refractivity contribution < 1.29 is 32.6 Å². The number of hydrogen-bond acceptors (Lipinski definition) is 6. The van der Waals surface area contributed by atoms with Crippen LogP contribution in [0.15, 0.2) is 36.5 Å². The Balaban J connectivity index is 1.83. The molecule has 2 aromatic rings. The van der Waals surface area contributed by atoms with Crippen LogP contribution < -0.4 is 20.1 Å². The van der Waals surface area contributed by atoms with Gasteiger partial charge in [0.1, 0.15) is 12.4 Å². The molecular weight excluding hydrogens is 352 g/mol. The van der Waals surface area contributed by atoms with Gasteiger partial charge in [0.25, 0.3) is 11.8 Å². The van der Waals surface area contributed by atoms with Crippen molar-refractivity contribution in [3.63, 3.8) is 0 Å². The summed E-state index contributed by atoms with van der Waals surface area (Å²) in [4.78, 5) is 28.1. The molecule has 0 saturated carbocycles. The maximum atomic E-state index is 13.2. The van der Waals surface area contributed by atoms with E-state index >= 15 is 0 Å². The third-order valence-corrected chi connectivity index (χ3v) is 3.26. The van der Waals surface area contributed by atoms with Crippen LogP contribution in [0.25, 0.3) is 0 Å². The van der Waals surface area contributed by atoms with Gasteiger partial charge in [-0.2, -0.15) is 0 Å². The number of rotatable bonds is 5. The molecule has 0 radical (unpaired) electrons. The van der Waals surface area contributed by atoms with E-state index in [9.17, 15) is 18.4 Å². The molecule has 0 atom stereocenters. The number of carbonyl (C=O) groups is 2. The fourth-order valence-corrected chi connectivity index (χ4v) is 2.24. The van der Waals surface area contributed by atoms with Gasteiger partial charge < -0.3 is 24.8 Å². The lowest BCUT2D eigenvalue weighted by molar-refractivity contribution is -0.286. The molecule has 0 bridgehead atoms. The molecule has 0 unspecified atom stereocenters. The van der Waals surface area contributed by atoms with Gasteiger partial charge in [-0.05, 0) is 24.3 Å². The summed E-state index contributed by atoms with van der Waals surface area (Å²) in [6, 6.07) is 6.99. The Hall–Kier alpha value is -3.27. The van der Waals surface area contributed by atoms with Gasteiger partial charge in [0.2, 0.25) is 0 Å². The zero-order valence-electron chi connectivity index (χ0n) is 13.4. The quantitative estimate of drug-likeness (QED) is 0.843. The Morgan fingerprint density at radius 2 is 2.00 bits per heavy atom. The molecule has 1 aromatic carbocycles. The van der Waals surface area contributed by atoms with Crippen molar-refractivity contribution in [2.45, 2.75) is 6.29 Å². The molecule has 3 rings (SSSR count). The van der Waals surface area contributed by atoms with Gasteiger partial charge in [0.05, 0.1) is 11.3 Å². The average Bonchev–Trinajstić information content (AvgIpc) is 2.90.